The van der Waals surface area contributed by atoms with E-state index in [1.165, 1.54) is 77.6 Å². The van der Waals surface area contributed by atoms with Crippen molar-refractivity contribution in [3.63, 3.8) is 0 Å². The van der Waals surface area contributed by atoms with Gasteiger partial charge in [0.2, 0.25) is 5.89 Å². The summed E-state index contributed by atoms with van der Waals surface area (Å²) < 4.78 is 8.54. The fourth-order valence-corrected chi connectivity index (χ4v) is 8.74. The number of allylic oxidation sites excluding steroid dienone is 4. The van der Waals surface area contributed by atoms with Crippen molar-refractivity contribution in [2.45, 2.75) is 12.8 Å². The number of para-hydroxylation sites is 3. The number of benzene rings is 8. The molecular weight excluding hydrogens is 705 g/mol. The number of rotatable bonds is 7. The Hall–Kier alpha value is -7.49. The third-order valence-electron chi connectivity index (χ3n) is 11.6. The smallest absolute Gasteiger partial charge is 0.227 e. The van der Waals surface area contributed by atoms with E-state index < -0.39 is 0 Å². The van der Waals surface area contributed by atoms with Gasteiger partial charge in [-0.1, -0.05) is 158 Å². The SMILES string of the molecule is C1=C(c2ccccc2-c2ccccc2-c2ccc(-c3nc4ccccc4o3)cc2)CCC(n2c3ccccc3c3cc(-c4ccc(-c5ccccc5)cc4)ccc32)=C1. The van der Waals surface area contributed by atoms with Gasteiger partial charge in [-0.25, -0.2) is 4.98 Å². The van der Waals surface area contributed by atoms with Crippen LogP contribution in [-0.4, -0.2) is 9.55 Å². The topological polar surface area (TPSA) is 31.0 Å². The van der Waals surface area contributed by atoms with E-state index in [4.69, 9.17) is 9.40 Å². The molecule has 0 N–H and O–H groups in total. The molecule has 1 aliphatic carbocycles. The summed E-state index contributed by atoms with van der Waals surface area (Å²) in [6.07, 6.45) is 6.58. The zero-order valence-electron chi connectivity index (χ0n) is 31.8. The minimum atomic E-state index is 0.638. The normalized spacial score (nSPS) is 12.9. The Balaban J connectivity index is 0.923. The molecule has 0 fully saturated rings. The quantitative estimate of drug-likeness (QED) is 0.163. The lowest BCUT2D eigenvalue weighted by Crippen LogP contribution is -2.02. The molecule has 0 spiro atoms. The van der Waals surface area contributed by atoms with Gasteiger partial charge in [-0.2, -0.15) is 0 Å². The maximum atomic E-state index is 6.06. The van der Waals surface area contributed by atoms with Crippen LogP contribution in [0.15, 0.2) is 211 Å². The van der Waals surface area contributed by atoms with Gasteiger partial charge in [0.15, 0.2) is 5.58 Å². The van der Waals surface area contributed by atoms with Crippen LogP contribution in [0.1, 0.15) is 18.4 Å². The number of oxazole rings is 1. The molecule has 0 amide bonds. The van der Waals surface area contributed by atoms with Gasteiger partial charge < -0.3 is 8.98 Å². The average Bonchev–Trinajstić information content (AvgIpc) is 3.89. The summed E-state index contributed by atoms with van der Waals surface area (Å²) in [5, 5.41) is 2.56. The van der Waals surface area contributed by atoms with Crippen LogP contribution >= 0.6 is 0 Å². The van der Waals surface area contributed by atoms with Crippen LogP contribution in [0.3, 0.4) is 0 Å². The van der Waals surface area contributed by atoms with E-state index in [2.05, 4.69) is 187 Å². The van der Waals surface area contributed by atoms with E-state index in [1.807, 2.05) is 24.3 Å². The van der Waals surface area contributed by atoms with Crippen molar-refractivity contribution in [3.8, 4) is 56.0 Å². The Morgan fingerprint density at radius 3 is 1.72 bits per heavy atom. The van der Waals surface area contributed by atoms with E-state index in [9.17, 15) is 0 Å². The van der Waals surface area contributed by atoms with Gasteiger partial charge in [0.05, 0.1) is 11.0 Å². The summed E-state index contributed by atoms with van der Waals surface area (Å²) in [7, 11) is 0. The highest BCUT2D eigenvalue weighted by atomic mass is 16.3. The lowest BCUT2D eigenvalue weighted by Gasteiger charge is -2.21. The van der Waals surface area contributed by atoms with Crippen molar-refractivity contribution in [2.75, 3.05) is 0 Å². The molecule has 0 unspecified atom stereocenters. The van der Waals surface area contributed by atoms with Crippen LogP contribution in [-0.2, 0) is 0 Å². The summed E-state index contributed by atoms with van der Waals surface area (Å²) in [5.41, 5.74) is 18.8. The maximum absolute atomic E-state index is 6.06. The number of nitrogens with zero attached hydrogens (tertiary/aromatic N) is 2. The maximum Gasteiger partial charge on any atom is 0.227 e. The monoisotopic (exact) mass is 742 g/mol. The van der Waals surface area contributed by atoms with E-state index in [0.717, 1.165) is 35.1 Å². The van der Waals surface area contributed by atoms with Crippen LogP contribution in [0, 0.1) is 0 Å². The summed E-state index contributed by atoms with van der Waals surface area (Å²) >= 11 is 0. The van der Waals surface area contributed by atoms with E-state index in [0.29, 0.717) is 5.89 Å². The Morgan fingerprint density at radius 1 is 0.397 bits per heavy atom. The van der Waals surface area contributed by atoms with Crippen molar-refractivity contribution < 1.29 is 4.42 Å². The highest BCUT2D eigenvalue weighted by Gasteiger charge is 2.20. The highest BCUT2D eigenvalue weighted by Crippen LogP contribution is 2.42. The summed E-state index contributed by atoms with van der Waals surface area (Å²) in [6.45, 7) is 0. The van der Waals surface area contributed by atoms with Gasteiger partial charge in [-0.3, -0.25) is 0 Å². The molecule has 0 radical (unpaired) electrons. The molecule has 274 valence electrons. The standard InChI is InChI=1S/C55H38N2O/c1-2-12-37(13-3-1)38-22-24-39(25-23-38)43-32-35-53-50(36-43)49-18-8-10-20-52(49)57(53)44-33-30-41(31-34-44)46-15-5-7-17-48(46)47-16-6-4-14-45(47)40-26-28-42(29-27-40)55-56-51-19-9-11-21-54(51)58-55/h1-30,32-33,35-36H,31,34H2. The van der Waals surface area contributed by atoms with Crippen LogP contribution < -0.4 is 0 Å². The molecule has 1 aliphatic rings. The highest BCUT2D eigenvalue weighted by molar-refractivity contribution is 6.11. The van der Waals surface area contributed by atoms with Gasteiger partial charge in [-0.15, -0.1) is 0 Å². The molecule has 0 saturated carbocycles. The molecule has 2 heterocycles. The van der Waals surface area contributed by atoms with E-state index in [1.54, 1.807) is 0 Å². The largest absolute Gasteiger partial charge is 0.436 e. The van der Waals surface area contributed by atoms with Gasteiger partial charge in [0.25, 0.3) is 0 Å². The molecule has 2 aromatic heterocycles. The molecule has 0 bridgehead atoms. The van der Waals surface area contributed by atoms with E-state index in [-0.39, 0.29) is 0 Å². The summed E-state index contributed by atoms with van der Waals surface area (Å²) in [4.78, 5) is 4.71. The van der Waals surface area contributed by atoms with Crippen molar-refractivity contribution in [1.82, 2.24) is 9.55 Å². The minimum Gasteiger partial charge on any atom is -0.436 e. The molecule has 3 heteroatoms. The van der Waals surface area contributed by atoms with Crippen molar-refractivity contribution >= 4 is 44.2 Å². The van der Waals surface area contributed by atoms with Crippen LogP contribution in [0.5, 0.6) is 0 Å². The molecular formula is C55H38N2O. The third kappa shape index (κ3) is 5.96. The summed E-state index contributed by atoms with van der Waals surface area (Å²) in [5.74, 6) is 0.638. The molecule has 11 rings (SSSR count). The Labute approximate surface area is 337 Å². The zero-order valence-corrected chi connectivity index (χ0v) is 31.8. The number of hydrogen-bond donors (Lipinski definition) is 0. The molecule has 58 heavy (non-hydrogen) atoms. The number of fused-ring (bicyclic) bond motifs is 4. The second-order valence-corrected chi connectivity index (χ2v) is 15.0. The first-order valence-electron chi connectivity index (χ1n) is 20.0. The first kappa shape index (κ1) is 33.8. The number of aromatic nitrogens is 2. The van der Waals surface area contributed by atoms with Crippen molar-refractivity contribution in [3.05, 3.63) is 212 Å². The minimum absolute atomic E-state index is 0.638. The fourth-order valence-electron chi connectivity index (χ4n) is 8.74. The molecule has 8 aromatic carbocycles. The predicted octanol–water partition coefficient (Wildman–Crippen LogP) is 15.0. The van der Waals surface area contributed by atoms with Gasteiger partial charge in [0.1, 0.15) is 5.52 Å². The average molecular weight is 743 g/mol. The molecule has 0 atom stereocenters. The van der Waals surface area contributed by atoms with Crippen molar-refractivity contribution in [1.29, 1.82) is 0 Å². The lowest BCUT2D eigenvalue weighted by molar-refractivity contribution is 0.620. The Bertz CT molecular complexity index is 3160. The predicted molar refractivity (Wildman–Crippen MR) is 242 cm³/mol. The van der Waals surface area contributed by atoms with E-state index >= 15 is 0 Å². The zero-order chi connectivity index (χ0) is 38.4. The fraction of sp³-hybridized carbons (Fsp3) is 0.0364. The second-order valence-electron chi connectivity index (χ2n) is 15.0. The Kier molecular flexibility index (Phi) is 8.29. The van der Waals surface area contributed by atoms with Crippen LogP contribution in [0.4, 0.5) is 0 Å². The number of hydrogen-bond acceptors (Lipinski definition) is 2. The Morgan fingerprint density at radius 2 is 0.966 bits per heavy atom. The van der Waals surface area contributed by atoms with Crippen LogP contribution in [0.25, 0.3) is 100 Å². The molecule has 10 aromatic rings. The third-order valence-corrected chi connectivity index (χ3v) is 11.6. The van der Waals surface area contributed by atoms with Crippen LogP contribution in [0.2, 0.25) is 0 Å². The van der Waals surface area contributed by atoms with Gasteiger partial charge in [0, 0.05) is 22.0 Å². The van der Waals surface area contributed by atoms with Gasteiger partial charge >= 0.3 is 0 Å². The van der Waals surface area contributed by atoms with Crippen molar-refractivity contribution in [2.24, 2.45) is 0 Å². The molecule has 3 nitrogen and oxygen atoms in total. The lowest BCUT2D eigenvalue weighted by atomic mass is 9.86. The van der Waals surface area contributed by atoms with Gasteiger partial charge in [-0.05, 0) is 117 Å². The molecule has 0 saturated heterocycles. The first-order valence-corrected chi connectivity index (χ1v) is 20.0. The molecule has 0 aliphatic heterocycles. The first-order chi connectivity index (χ1) is 28.7. The second kappa shape index (κ2) is 14.2. The summed E-state index contributed by atoms with van der Waals surface area (Å²) in [6, 6.07) is 69.4.